The normalized spacial score (nSPS) is 14.9. The lowest BCUT2D eigenvalue weighted by molar-refractivity contribution is -0.138. The van der Waals surface area contributed by atoms with Crippen molar-refractivity contribution in [1.29, 1.82) is 0 Å². The summed E-state index contributed by atoms with van der Waals surface area (Å²) in [6.45, 7) is 0.0374. The molecule has 1 atom stereocenters. The molecule has 0 radical (unpaired) electrons. The Morgan fingerprint density at radius 3 is 2.81 bits per heavy atom. The van der Waals surface area contributed by atoms with E-state index in [0.717, 1.165) is 0 Å². The molecule has 2 rings (SSSR count). The summed E-state index contributed by atoms with van der Waals surface area (Å²) in [6.07, 6.45) is 0. The zero-order valence-electron chi connectivity index (χ0n) is 8.27. The maximum Gasteiger partial charge on any atom is 0.312 e. The van der Waals surface area contributed by atoms with Crippen molar-refractivity contribution in [2.24, 2.45) is 5.73 Å². The van der Waals surface area contributed by atoms with Crippen LogP contribution < -0.4 is 15.2 Å². The van der Waals surface area contributed by atoms with Gasteiger partial charge in [-0.1, -0.05) is 17.7 Å². The summed E-state index contributed by atoms with van der Waals surface area (Å²) in [4.78, 5) is 11.0. The van der Waals surface area contributed by atoms with E-state index in [9.17, 15) is 4.79 Å². The van der Waals surface area contributed by atoms with Gasteiger partial charge in [0.25, 0.3) is 0 Å². The van der Waals surface area contributed by atoms with Gasteiger partial charge in [-0.3, -0.25) is 4.79 Å². The third kappa shape index (κ3) is 1.68. The molecule has 0 amide bonds. The van der Waals surface area contributed by atoms with Crippen LogP contribution in [0, 0.1) is 0 Å². The molecule has 5 nitrogen and oxygen atoms in total. The zero-order valence-corrected chi connectivity index (χ0v) is 9.03. The second kappa shape index (κ2) is 4.19. The van der Waals surface area contributed by atoms with Crippen LogP contribution in [-0.4, -0.2) is 24.4 Å². The highest BCUT2D eigenvalue weighted by Gasteiger charge is 2.28. The van der Waals surface area contributed by atoms with Gasteiger partial charge in [-0.05, 0) is 6.07 Å². The van der Waals surface area contributed by atoms with Crippen LogP contribution in [0.2, 0.25) is 5.02 Å². The number of hydrogen-bond acceptors (Lipinski definition) is 4. The van der Waals surface area contributed by atoms with Crippen LogP contribution >= 0.6 is 11.6 Å². The van der Waals surface area contributed by atoms with Crippen LogP contribution in [0.4, 0.5) is 0 Å². The fraction of sp³-hybridized carbons (Fsp3) is 0.300. The molecule has 0 spiro atoms. The number of carboxylic acid groups (broad SMARTS) is 1. The van der Waals surface area contributed by atoms with E-state index in [4.69, 9.17) is 31.9 Å². The van der Waals surface area contributed by atoms with Gasteiger partial charge in [-0.15, -0.1) is 0 Å². The van der Waals surface area contributed by atoms with Crippen molar-refractivity contribution < 1.29 is 19.4 Å². The molecule has 0 saturated carbocycles. The number of halogens is 1. The Balaban J connectivity index is 2.50. The van der Waals surface area contributed by atoms with Crippen molar-refractivity contribution in [3.63, 3.8) is 0 Å². The molecule has 0 aliphatic carbocycles. The molecule has 1 heterocycles. The number of hydrogen-bond donors (Lipinski definition) is 2. The van der Waals surface area contributed by atoms with Gasteiger partial charge < -0.3 is 20.3 Å². The fourth-order valence-electron chi connectivity index (χ4n) is 1.62. The van der Waals surface area contributed by atoms with Gasteiger partial charge in [-0.2, -0.15) is 0 Å². The molecule has 1 aliphatic rings. The van der Waals surface area contributed by atoms with Gasteiger partial charge in [0.05, 0.1) is 10.9 Å². The van der Waals surface area contributed by atoms with E-state index in [2.05, 4.69) is 0 Å². The first-order valence-corrected chi connectivity index (χ1v) is 5.03. The number of rotatable bonds is 3. The SMILES string of the molecule is NCC(C(=O)O)c1ccc(Cl)c2c1OCO2. The molecule has 1 aliphatic heterocycles. The van der Waals surface area contributed by atoms with Gasteiger partial charge in [0.2, 0.25) is 6.79 Å². The van der Waals surface area contributed by atoms with Crippen LogP contribution in [-0.2, 0) is 4.79 Å². The number of aliphatic carboxylic acids is 1. The van der Waals surface area contributed by atoms with Gasteiger partial charge in [0.1, 0.15) is 0 Å². The quantitative estimate of drug-likeness (QED) is 0.834. The summed E-state index contributed by atoms with van der Waals surface area (Å²) in [6, 6.07) is 3.18. The van der Waals surface area contributed by atoms with Crippen molar-refractivity contribution in [3.8, 4) is 11.5 Å². The van der Waals surface area contributed by atoms with Gasteiger partial charge in [0.15, 0.2) is 11.5 Å². The van der Waals surface area contributed by atoms with E-state index < -0.39 is 11.9 Å². The number of benzene rings is 1. The van der Waals surface area contributed by atoms with E-state index in [1.165, 1.54) is 0 Å². The number of carbonyl (C=O) groups is 1. The fourth-order valence-corrected chi connectivity index (χ4v) is 1.82. The van der Waals surface area contributed by atoms with E-state index in [0.29, 0.717) is 22.1 Å². The number of carboxylic acids is 1. The van der Waals surface area contributed by atoms with Crippen LogP contribution in [0.15, 0.2) is 12.1 Å². The summed E-state index contributed by atoms with van der Waals surface area (Å²) in [5, 5.41) is 9.42. The molecule has 86 valence electrons. The Hall–Kier alpha value is -1.46. The second-order valence-electron chi connectivity index (χ2n) is 3.33. The highest BCUT2D eigenvalue weighted by molar-refractivity contribution is 6.32. The predicted molar refractivity (Wildman–Crippen MR) is 57.0 cm³/mol. The molecule has 3 N–H and O–H groups in total. The Kier molecular flexibility index (Phi) is 2.89. The van der Waals surface area contributed by atoms with Crippen molar-refractivity contribution in [2.45, 2.75) is 5.92 Å². The maximum atomic E-state index is 11.0. The Morgan fingerprint density at radius 2 is 2.19 bits per heavy atom. The first-order valence-electron chi connectivity index (χ1n) is 4.66. The molecule has 0 fully saturated rings. The van der Waals surface area contributed by atoms with Crippen molar-refractivity contribution in [3.05, 3.63) is 22.7 Å². The molecular formula is C10H10ClNO4. The smallest absolute Gasteiger partial charge is 0.312 e. The van der Waals surface area contributed by atoms with Crippen LogP contribution in [0.3, 0.4) is 0 Å². The number of nitrogens with two attached hydrogens (primary N) is 1. The summed E-state index contributed by atoms with van der Waals surface area (Å²) in [5.41, 5.74) is 5.92. The summed E-state index contributed by atoms with van der Waals surface area (Å²) in [5.74, 6) is -1.04. The highest BCUT2D eigenvalue weighted by Crippen LogP contribution is 2.43. The molecule has 16 heavy (non-hydrogen) atoms. The number of ether oxygens (including phenoxy) is 2. The lowest BCUT2D eigenvalue weighted by atomic mass is 9.98. The minimum absolute atomic E-state index is 0.00718. The second-order valence-corrected chi connectivity index (χ2v) is 3.74. The topological polar surface area (TPSA) is 81.8 Å². The molecule has 1 aromatic carbocycles. The average molecular weight is 244 g/mol. The summed E-state index contributed by atoms with van der Waals surface area (Å²) in [7, 11) is 0. The lowest BCUT2D eigenvalue weighted by Gasteiger charge is -2.12. The van der Waals surface area contributed by atoms with Crippen LogP contribution in [0.1, 0.15) is 11.5 Å². The average Bonchev–Trinajstić information content (AvgIpc) is 2.71. The van der Waals surface area contributed by atoms with Crippen molar-refractivity contribution in [1.82, 2.24) is 0 Å². The molecule has 1 unspecified atom stereocenters. The van der Waals surface area contributed by atoms with Gasteiger partial charge in [0, 0.05) is 12.1 Å². The first kappa shape index (κ1) is 11.0. The third-order valence-electron chi connectivity index (χ3n) is 2.41. The van der Waals surface area contributed by atoms with E-state index in [-0.39, 0.29) is 13.3 Å². The van der Waals surface area contributed by atoms with E-state index in [1.807, 2.05) is 0 Å². The molecule has 0 saturated heterocycles. The number of fused-ring (bicyclic) bond motifs is 1. The van der Waals surface area contributed by atoms with Crippen molar-refractivity contribution >= 4 is 17.6 Å². The molecule has 0 bridgehead atoms. The molecule has 6 heteroatoms. The highest BCUT2D eigenvalue weighted by atomic mass is 35.5. The summed E-state index contributed by atoms with van der Waals surface area (Å²) < 4.78 is 10.4. The van der Waals surface area contributed by atoms with Crippen LogP contribution in [0.25, 0.3) is 0 Å². The van der Waals surface area contributed by atoms with Gasteiger partial charge >= 0.3 is 5.97 Å². The van der Waals surface area contributed by atoms with Gasteiger partial charge in [-0.25, -0.2) is 0 Å². The predicted octanol–water partition coefficient (Wildman–Crippen LogP) is 1.20. The lowest BCUT2D eigenvalue weighted by Crippen LogP contribution is -2.21. The summed E-state index contributed by atoms with van der Waals surface area (Å²) >= 11 is 5.89. The zero-order chi connectivity index (χ0) is 11.7. The Labute approximate surface area is 96.7 Å². The van der Waals surface area contributed by atoms with E-state index >= 15 is 0 Å². The van der Waals surface area contributed by atoms with Crippen molar-refractivity contribution in [2.75, 3.05) is 13.3 Å². The standard InChI is InChI=1S/C10H10ClNO4/c11-7-2-1-5(6(3-12)10(13)14)8-9(7)16-4-15-8/h1-2,6H,3-4,12H2,(H,13,14). The molecule has 1 aromatic rings. The molecule has 0 aromatic heterocycles. The monoisotopic (exact) mass is 243 g/mol. The minimum Gasteiger partial charge on any atom is -0.481 e. The molecular weight excluding hydrogens is 234 g/mol. The Bertz CT molecular complexity index is 435. The Morgan fingerprint density at radius 1 is 1.50 bits per heavy atom. The first-order chi connectivity index (χ1) is 7.65. The maximum absolute atomic E-state index is 11.0. The van der Waals surface area contributed by atoms with Crippen LogP contribution in [0.5, 0.6) is 11.5 Å². The largest absolute Gasteiger partial charge is 0.481 e. The minimum atomic E-state index is -0.998. The third-order valence-corrected chi connectivity index (χ3v) is 2.71. The van der Waals surface area contributed by atoms with E-state index in [1.54, 1.807) is 12.1 Å².